The van der Waals surface area contributed by atoms with E-state index in [9.17, 15) is 0 Å². The SMILES string of the molecule is Cc1ccsc1C(N)CSc1ccc(Cl)cc1. The highest BCUT2D eigenvalue weighted by molar-refractivity contribution is 7.99. The van der Waals surface area contributed by atoms with E-state index in [4.69, 9.17) is 17.3 Å². The quantitative estimate of drug-likeness (QED) is 0.836. The third kappa shape index (κ3) is 3.49. The van der Waals surface area contributed by atoms with Gasteiger partial charge in [0, 0.05) is 26.6 Å². The standard InChI is InChI=1S/C13H14ClNS2/c1-9-6-7-16-13(9)12(15)8-17-11-4-2-10(14)3-5-11/h2-7,12H,8,15H2,1H3. The Bertz CT molecular complexity index is 478. The van der Waals surface area contributed by atoms with Crippen molar-refractivity contribution in [2.75, 3.05) is 5.75 Å². The molecule has 1 unspecified atom stereocenters. The summed E-state index contributed by atoms with van der Waals surface area (Å²) in [6.45, 7) is 2.11. The van der Waals surface area contributed by atoms with Crippen LogP contribution in [-0.4, -0.2) is 5.75 Å². The van der Waals surface area contributed by atoms with Crippen molar-refractivity contribution in [2.24, 2.45) is 5.73 Å². The second-order valence-corrected chi connectivity index (χ2v) is 6.32. The Hall–Kier alpha value is -0.480. The van der Waals surface area contributed by atoms with Gasteiger partial charge in [0.1, 0.15) is 0 Å². The van der Waals surface area contributed by atoms with Gasteiger partial charge in [-0.25, -0.2) is 0 Å². The number of rotatable bonds is 4. The molecule has 0 bridgehead atoms. The number of benzene rings is 1. The highest BCUT2D eigenvalue weighted by atomic mass is 35.5. The second-order valence-electron chi connectivity index (χ2n) is 3.84. The molecular formula is C13H14ClNS2. The highest BCUT2D eigenvalue weighted by Crippen LogP contribution is 2.28. The maximum Gasteiger partial charge on any atom is 0.0487 e. The fourth-order valence-electron chi connectivity index (χ4n) is 1.56. The van der Waals surface area contributed by atoms with Crippen LogP contribution in [0.1, 0.15) is 16.5 Å². The van der Waals surface area contributed by atoms with Gasteiger partial charge in [-0.3, -0.25) is 0 Å². The normalized spacial score (nSPS) is 12.6. The summed E-state index contributed by atoms with van der Waals surface area (Å²) in [5.41, 5.74) is 7.47. The van der Waals surface area contributed by atoms with Crippen LogP contribution in [0.3, 0.4) is 0 Å². The molecule has 0 saturated carbocycles. The van der Waals surface area contributed by atoms with Gasteiger partial charge in [0.15, 0.2) is 0 Å². The van der Waals surface area contributed by atoms with E-state index in [1.807, 2.05) is 24.3 Å². The third-order valence-electron chi connectivity index (χ3n) is 2.48. The summed E-state index contributed by atoms with van der Waals surface area (Å²) in [6.07, 6.45) is 0. The minimum Gasteiger partial charge on any atom is -0.323 e. The number of aryl methyl sites for hydroxylation is 1. The maximum absolute atomic E-state index is 6.18. The molecule has 1 nitrogen and oxygen atoms in total. The molecule has 1 atom stereocenters. The lowest BCUT2D eigenvalue weighted by Crippen LogP contribution is -2.12. The molecule has 2 rings (SSSR count). The van der Waals surface area contributed by atoms with Crippen molar-refractivity contribution in [2.45, 2.75) is 17.9 Å². The lowest BCUT2D eigenvalue weighted by molar-refractivity contribution is 0.844. The predicted octanol–water partition coefficient (Wildman–Crippen LogP) is 4.50. The molecule has 1 aromatic heterocycles. The van der Waals surface area contributed by atoms with Crippen LogP contribution in [0, 0.1) is 6.92 Å². The number of thiophene rings is 1. The molecule has 2 aromatic rings. The van der Waals surface area contributed by atoms with Crippen molar-refractivity contribution < 1.29 is 0 Å². The molecule has 0 aliphatic carbocycles. The Morgan fingerprint density at radius 1 is 1.29 bits per heavy atom. The van der Waals surface area contributed by atoms with Gasteiger partial charge in [-0.15, -0.1) is 23.1 Å². The van der Waals surface area contributed by atoms with E-state index in [-0.39, 0.29) is 6.04 Å². The van der Waals surface area contributed by atoms with E-state index < -0.39 is 0 Å². The molecule has 2 N–H and O–H groups in total. The van der Waals surface area contributed by atoms with E-state index >= 15 is 0 Å². The van der Waals surface area contributed by atoms with E-state index in [1.165, 1.54) is 15.3 Å². The van der Waals surface area contributed by atoms with Crippen molar-refractivity contribution in [3.05, 3.63) is 51.2 Å². The summed E-state index contributed by atoms with van der Waals surface area (Å²) < 4.78 is 0. The summed E-state index contributed by atoms with van der Waals surface area (Å²) >= 11 is 9.35. The Kier molecular flexibility index (Phi) is 4.51. The van der Waals surface area contributed by atoms with E-state index in [0.29, 0.717) is 0 Å². The van der Waals surface area contributed by atoms with Crippen molar-refractivity contribution in [1.29, 1.82) is 0 Å². The first-order valence-corrected chi connectivity index (χ1v) is 7.59. The molecule has 0 saturated heterocycles. The monoisotopic (exact) mass is 283 g/mol. The average Bonchev–Trinajstić information content (AvgIpc) is 2.74. The third-order valence-corrected chi connectivity index (χ3v) is 5.02. The van der Waals surface area contributed by atoms with Crippen LogP contribution < -0.4 is 5.73 Å². The van der Waals surface area contributed by atoms with Gasteiger partial charge < -0.3 is 5.73 Å². The minimum atomic E-state index is 0.107. The minimum absolute atomic E-state index is 0.107. The van der Waals surface area contributed by atoms with Gasteiger partial charge in [0.05, 0.1) is 0 Å². The summed E-state index contributed by atoms with van der Waals surface area (Å²) in [4.78, 5) is 2.49. The van der Waals surface area contributed by atoms with Gasteiger partial charge in [-0.1, -0.05) is 11.6 Å². The molecule has 0 radical (unpaired) electrons. The molecule has 17 heavy (non-hydrogen) atoms. The smallest absolute Gasteiger partial charge is 0.0487 e. The molecule has 0 aliphatic rings. The maximum atomic E-state index is 6.18. The Balaban J connectivity index is 1.94. The fourth-order valence-corrected chi connectivity index (χ4v) is 3.59. The zero-order valence-corrected chi connectivity index (χ0v) is 11.9. The van der Waals surface area contributed by atoms with E-state index in [0.717, 1.165) is 10.8 Å². The largest absolute Gasteiger partial charge is 0.323 e. The lowest BCUT2D eigenvalue weighted by Gasteiger charge is -2.10. The zero-order valence-electron chi connectivity index (χ0n) is 9.52. The summed E-state index contributed by atoms with van der Waals surface area (Å²) in [5, 5.41) is 2.87. The zero-order chi connectivity index (χ0) is 12.3. The first-order valence-electron chi connectivity index (χ1n) is 5.35. The number of hydrogen-bond acceptors (Lipinski definition) is 3. The van der Waals surface area contributed by atoms with Crippen LogP contribution in [0.2, 0.25) is 5.02 Å². The molecule has 1 aromatic carbocycles. The fraction of sp³-hybridized carbons (Fsp3) is 0.231. The molecule has 0 amide bonds. The van der Waals surface area contributed by atoms with E-state index in [2.05, 4.69) is 18.4 Å². The second kappa shape index (κ2) is 5.91. The van der Waals surface area contributed by atoms with Crippen LogP contribution >= 0.6 is 34.7 Å². The van der Waals surface area contributed by atoms with Crippen molar-refractivity contribution in [3.8, 4) is 0 Å². The topological polar surface area (TPSA) is 26.0 Å². The summed E-state index contributed by atoms with van der Waals surface area (Å²) in [6, 6.07) is 10.1. The lowest BCUT2D eigenvalue weighted by atomic mass is 10.2. The van der Waals surface area contributed by atoms with Crippen LogP contribution in [0.5, 0.6) is 0 Å². The van der Waals surface area contributed by atoms with Crippen molar-refractivity contribution in [3.63, 3.8) is 0 Å². The van der Waals surface area contributed by atoms with Crippen LogP contribution in [0.4, 0.5) is 0 Å². The predicted molar refractivity (Wildman–Crippen MR) is 78.2 cm³/mol. The van der Waals surface area contributed by atoms with Crippen molar-refractivity contribution in [1.82, 2.24) is 0 Å². The highest BCUT2D eigenvalue weighted by Gasteiger charge is 2.10. The Labute approximate surface area is 115 Å². The molecule has 1 heterocycles. The van der Waals surface area contributed by atoms with Crippen molar-refractivity contribution >= 4 is 34.7 Å². The molecule has 90 valence electrons. The van der Waals surface area contributed by atoms with Gasteiger partial charge in [0.2, 0.25) is 0 Å². The van der Waals surface area contributed by atoms with Gasteiger partial charge in [-0.2, -0.15) is 0 Å². The summed E-state index contributed by atoms with van der Waals surface area (Å²) in [5.74, 6) is 0.892. The number of thioether (sulfide) groups is 1. The molecular weight excluding hydrogens is 270 g/mol. The van der Waals surface area contributed by atoms with Crippen LogP contribution in [0.15, 0.2) is 40.6 Å². The first kappa shape index (κ1) is 13.0. The first-order chi connectivity index (χ1) is 8.16. The average molecular weight is 284 g/mol. The number of halogens is 1. The van der Waals surface area contributed by atoms with Crippen LogP contribution in [0.25, 0.3) is 0 Å². The van der Waals surface area contributed by atoms with Gasteiger partial charge in [-0.05, 0) is 48.2 Å². The Morgan fingerprint density at radius 2 is 2.00 bits per heavy atom. The molecule has 0 spiro atoms. The number of nitrogens with two attached hydrogens (primary N) is 1. The van der Waals surface area contributed by atoms with Gasteiger partial charge in [0.25, 0.3) is 0 Å². The molecule has 0 aliphatic heterocycles. The molecule has 0 fully saturated rings. The molecule has 4 heteroatoms. The van der Waals surface area contributed by atoms with E-state index in [1.54, 1.807) is 23.1 Å². The van der Waals surface area contributed by atoms with Gasteiger partial charge >= 0.3 is 0 Å². The number of hydrogen-bond donors (Lipinski definition) is 1. The summed E-state index contributed by atoms with van der Waals surface area (Å²) in [7, 11) is 0. The van der Waals surface area contributed by atoms with Crippen LogP contribution in [-0.2, 0) is 0 Å². The Morgan fingerprint density at radius 3 is 2.59 bits per heavy atom.